The summed E-state index contributed by atoms with van der Waals surface area (Å²) in [6.45, 7) is 8.24. The van der Waals surface area contributed by atoms with Gasteiger partial charge in [-0.3, -0.25) is 5.43 Å². The highest BCUT2D eigenvalue weighted by Crippen LogP contribution is 2.20. The molecule has 0 bridgehead atoms. The summed E-state index contributed by atoms with van der Waals surface area (Å²) in [4.78, 5) is 11.4. The Morgan fingerprint density at radius 3 is 2.52 bits per heavy atom. The van der Waals surface area contributed by atoms with Crippen molar-refractivity contribution in [3.63, 3.8) is 0 Å². The lowest BCUT2D eigenvalue weighted by Gasteiger charge is -2.28. The molecule has 1 N–H and O–H groups in total. The first-order valence-corrected chi connectivity index (χ1v) is 9.16. The van der Waals surface area contributed by atoms with E-state index in [-0.39, 0.29) is 0 Å². The van der Waals surface area contributed by atoms with E-state index in [9.17, 15) is 0 Å². The van der Waals surface area contributed by atoms with E-state index in [0.29, 0.717) is 0 Å². The quantitative estimate of drug-likeness (QED) is 0.657. The largest absolute Gasteiger partial charge is 0.356 e. The van der Waals surface area contributed by atoms with Crippen LogP contribution in [-0.2, 0) is 6.42 Å². The molecule has 5 nitrogen and oxygen atoms in total. The van der Waals surface area contributed by atoms with E-state index < -0.39 is 0 Å². The Labute approximate surface area is 150 Å². The van der Waals surface area contributed by atoms with Gasteiger partial charge in [0.05, 0.1) is 5.71 Å². The molecule has 2 heterocycles. The molecule has 1 fully saturated rings. The van der Waals surface area contributed by atoms with Crippen LogP contribution < -0.4 is 10.3 Å². The van der Waals surface area contributed by atoms with E-state index in [4.69, 9.17) is 0 Å². The summed E-state index contributed by atoms with van der Waals surface area (Å²) < 4.78 is 0. The number of rotatable bonds is 5. The molecule has 0 spiro atoms. The molecular formula is C20H27N5. The fourth-order valence-electron chi connectivity index (χ4n) is 3.08. The zero-order chi connectivity index (χ0) is 17.6. The molecule has 0 radical (unpaired) electrons. The van der Waals surface area contributed by atoms with Gasteiger partial charge in [-0.1, -0.05) is 31.2 Å². The fourth-order valence-corrected chi connectivity index (χ4v) is 3.08. The summed E-state index contributed by atoms with van der Waals surface area (Å²) in [5, 5.41) is 4.51. The van der Waals surface area contributed by atoms with Crippen LogP contribution >= 0.6 is 0 Å². The van der Waals surface area contributed by atoms with Crippen molar-refractivity contribution in [2.45, 2.75) is 46.5 Å². The highest BCUT2D eigenvalue weighted by atomic mass is 15.3. The summed E-state index contributed by atoms with van der Waals surface area (Å²) in [5.41, 5.74) is 6.50. The summed E-state index contributed by atoms with van der Waals surface area (Å²) in [5.74, 6) is 2.51. The number of aryl methyl sites for hydroxylation is 2. The van der Waals surface area contributed by atoms with Crippen molar-refractivity contribution < 1.29 is 0 Å². The first-order valence-electron chi connectivity index (χ1n) is 9.16. The second kappa shape index (κ2) is 8.10. The maximum absolute atomic E-state index is 4.59. The van der Waals surface area contributed by atoms with E-state index in [2.05, 4.69) is 56.6 Å². The minimum atomic E-state index is 0.748. The van der Waals surface area contributed by atoms with Crippen LogP contribution in [0, 0.1) is 6.92 Å². The number of nitrogens with one attached hydrogen (secondary N) is 1. The van der Waals surface area contributed by atoms with Gasteiger partial charge in [0.2, 0.25) is 0 Å². The normalized spacial score (nSPS) is 15.3. The lowest BCUT2D eigenvalue weighted by molar-refractivity contribution is 0.572. The van der Waals surface area contributed by atoms with Crippen molar-refractivity contribution in [2.24, 2.45) is 5.10 Å². The molecule has 0 saturated carbocycles. The molecule has 25 heavy (non-hydrogen) atoms. The zero-order valence-corrected chi connectivity index (χ0v) is 15.4. The average molecular weight is 337 g/mol. The molecule has 1 aliphatic rings. The van der Waals surface area contributed by atoms with E-state index in [0.717, 1.165) is 48.2 Å². The average Bonchev–Trinajstić information content (AvgIpc) is 2.66. The number of hydrazone groups is 1. The molecule has 0 unspecified atom stereocenters. The maximum atomic E-state index is 4.59. The second-order valence-electron chi connectivity index (χ2n) is 6.57. The predicted octanol–water partition coefficient (Wildman–Crippen LogP) is 4.17. The van der Waals surface area contributed by atoms with Crippen LogP contribution in [0.15, 0.2) is 35.4 Å². The molecule has 0 atom stereocenters. The smallest absolute Gasteiger partial charge is 0.152 e. The number of aromatic nitrogens is 2. The van der Waals surface area contributed by atoms with Gasteiger partial charge in [0.15, 0.2) is 5.82 Å². The number of benzene rings is 1. The zero-order valence-electron chi connectivity index (χ0n) is 15.4. The summed E-state index contributed by atoms with van der Waals surface area (Å²) in [6.07, 6.45) is 4.83. The van der Waals surface area contributed by atoms with Crippen LogP contribution in [0.25, 0.3) is 0 Å². The van der Waals surface area contributed by atoms with Crippen molar-refractivity contribution in [1.82, 2.24) is 9.97 Å². The standard InChI is InChI=1S/C20H27N5/c1-4-17-8-10-18(11-9-17)15(2)23-24-19-14-20(22-16(3)21-19)25-12-6-5-7-13-25/h8-11,14H,4-7,12-13H2,1-3H3,(H,21,22,24)/b23-15+. The Kier molecular flexibility index (Phi) is 5.64. The second-order valence-corrected chi connectivity index (χ2v) is 6.57. The maximum Gasteiger partial charge on any atom is 0.152 e. The Bertz CT molecular complexity index is 730. The van der Waals surface area contributed by atoms with Gasteiger partial charge in [-0.05, 0) is 50.7 Å². The topological polar surface area (TPSA) is 53.4 Å². The SMILES string of the molecule is CCc1ccc(/C(C)=N/Nc2cc(N3CCCCC3)nc(C)n2)cc1. The Hall–Kier alpha value is -2.43. The highest BCUT2D eigenvalue weighted by Gasteiger charge is 2.13. The molecule has 2 aromatic rings. The monoisotopic (exact) mass is 337 g/mol. The molecule has 5 heteroatoms. The summed E-state index contributed by atoms with van der Waals surface area (Å²) >= 11 is 0. The number of anilines is 2. The van der Waals surface area contributed by atoms with Gasteiger partial charge in [0.25, 0.3) is 0 Å². The third kappa shape index (κ3) is 4.56. The van der Waals surface area contributed by atoms with Crippen molar-refractivity contribution in [1.29, 1.82) is 0 Å². The van der Waals surface area contributed by atoms with Gasteiger partial charge in [-0.15, -0.1) is 0 Å². The van der Waals surface area contributed by atoms with Crippen LogP contribution in [0.2, 0.25) is 0 Å². The third-order valence-corrected chi connectivity index (χ3v) is 4.62. The minimum absolute atomic E-state index is 0.748. The van der Waals surface area contributed by atoms with E-state index in [1.165, 1.54) is 24.8 Å². The third-order valence-electron chi connectivity index (χ3n) is 4.62. The van der Waals surface area contributed by atoms with Crippen molar-refractivity contribution in [3.05, 3.63) is 47.3 Å². The van der Waals surface area contributed by atoms with Gasteiger partial charge >= 0.3 is 0 Å². The highest BCUT2D eigenvalue weighted by molar-refractivity contribution is 5.99. The van der Waals surface area contributed by atoms with Crippen LogP contribution in [-0.4, -0.2) is 28.8 Å². The van der Waals surface area contributed by atoms with Crippen molar-refractivity contribution in [3.8, 4) is 0 Å². The van der Waals surface area contributed by atoms with Gasteiger partial charge in [-0.2, -0.15) is 5.10 Å². The molecule has 0 aliphatic carbocycles. The first kappa shape index (κ1) is 17.4. The minimum Gasteiger partial charge on any atom is -0.356 e. The van der Waals surface area contributed by atoms with Crippen molar-refractivity contribution in [2.75, 3.05) is 23.4 Å². The number of hydrogen-bond acceptors (Lipinski definition) is 5. The molecule has 0 amide bonds. The molecule has 3 rings (SSSR count). The summed E-state index contributed by atoms with van der Waals surface area (Å²) in [7, 11) is 0. The van der Waals surface area contributed by atoms with E-state index >= 15 is 0 Å². The van der Waals surface area contributed by atoms with Crippen molar-refractivity contribution >= 4 is 17.3 Å². The van der Waals surface area contributed by atoms with Crippen LogP contribution in [0.5, 0.6) is 0 Å². The summed E-state index contributed by atoms with van der Waals surface area (Å²) in [6, 6.07) is 10.5. The first-order chi connectivity index (χ1) is 12.2. The van der Waals surface area contributed by atoms with Crippen LogP contribution in [0.4, 0.5) is 11.6 Å². The number of piperidine rings is 1. The molecule has 132 valence electrons. The van der Waals surface area contributed by atoms with E-state index in [1.807, 2.05) is 19.9 Å². The van der Waals surface area contributed by atoms with Gasteiger partial charge < -0.3 is 4.90 Å². The van der Waals surface area contributed by atoms with E-state index in [1.54, 1.807) is 0 Å². The predicted molar refractivity (Wildman–Crippen MR) is 104 cm³/mol. The lowest BCUT2D eigenvalue weighted by Crippen LogP contribution is -2.30. The van der Waals surface area contributed by atoms with Gasteiger partial charge in [0, 0.05) is 19.2 Å². The molecular weight excluding hydrogens is 310 g/mol. The Morgan fingerprint density at radius 1 is 1.12 bits per heavy atom. The van der Waals surface area contributed by atoms with Crippen LogP contribution in [0.1, 0.15) is 50.1 Å². The van der Waals surface area contributed by atoms with Gasteiger partial charge in [-0.25, -0.2) is 9.97 Å². The van der Waals surface area contributed by atoms with Gasteiger partial charge in [0.1, 0.15) is 11.6 Å². The lowest BCUT2D eigenvalue weighted by atomic mass is 10.1. The molecule has 1 aromatic heterocycles. The number of hydrogen-bond donors (Lipinski definition) is 1. The molecule has 1 aromatic carbocycles. The molecule has 1 saturated heterocycles. The fraction of sp³-hybridized carbons (Fsp3) is 0.450. The molecule has 1 aliphatic heterocycles. The Balaban J connectivity index is 1.73. The van der Waals surface area contributed by atoms with Crippen LogP contribution in [0.3, 0.4) is 0 Å². The Morgan fingerprint density at radius 2 is 1.84 bits per heavy atom. The number of nitrogens with zero attached hydrogens (tertiary/aromatic N) is 4.